The molecule has 216 valence electrons. The number of nitrogens with zero attached hydrogens (tertiary/aromatic N) is 2. The summed E-state index contributed by atoms with van der Waals surface area (Å²) in [6.45, 7) is 16.1. The molecular formula is C32H44N4O4. The molecule has 0 spiro atoms. The molecule has 8 heteroatoms. The number of benzene rings is 2. The van der Waals surface area contributed by atoms with Crippen LogP contribution in [-0.2, 0) is 15.1 Å². The molecule has 3 unspecified atom stereocenters. The average molecular weight is 549 g/mol. The van der Waals surface area contributed by atoms with E-state index in [0.29, 0.717) is 18.7 Å². The van der Waals surface area contributed by atoms with E-state index < -0.39 is 23.6 Å². The molecule has 0 fully saturated rings. The number of likely N-dealkylation sites (N-methyl/N-ethyl adjacent to an activating group) is 1. The number of carbonyl (C=O) groups excluding carboxylic acids is 1. The molecule has 0 aliphatic rings. The summed E-state index contributed by atoms with van der Waals surface area (Å²) in [7, 11) is 1.75. The van der Waals surface area contributed by atoms with Crippen LogP contribution in [0.25, 0.3) is 0 Å². The second kappa shape index (κ2) is 15.6. The molecule has 2 rings (SSSR count). The van der Waals surface area contributed by atoms with Crippen LogP contribution < -0.4 is 10.6 Å². The molecular weight excluding hydrogens is 504 g/mol. The molecule has 2 aromatic rings. The van der Waals surface area contributed by atoms with Crippen LogP contribution in [0.2, 0.25) is 0 Å². The van der Waals surface area contributed by atoms with Crippen molar-refractivity contribution >= 4 is 18.4 Å². The number of carboxylic acid groups (broad SMARTS) is 1. The van der Waals surface area contributed by atoms with E-state index >= 15 is 0 Å². The van der Waals surface area contributed by atoms with E-state index in [9.17, 15) is 14.7 Å². The van der Waals surface area contributed by atoms with Crippen molar-refractivity contribution in [2.75, 3.05) is 13.6 Å². The number of aliphatic imine (C=N–C) groups is 1. The molecule has 8 nitrogen and oxygen atoms in total. The molecule has 0 heterocycles. The molecule has 0 aromatic heterocycles. The fraction of sp³-hybridized carbons (Fsp3) is 0.406. The Morgan fingerprint density at radius 2 is 1.60 bits per heavy atom. The Morgan fingerprint density at radius 1 is 1.05 bits per heavy atom. The molecule has 0 aliphatic heterocycles. The zero-order chi connectivity index (χ0) is 29.7. The first-order valence-corrected chi connectivity index (χ1v) is 13.6. The van der Waals surface area contributed by atoms with Crippen LogP contribution in [0, 0.1) is 5.92 Å². The summed E-state index contributed by atoms with van der Waals surface area (Å²) in [6, 6.07) is 19.1. The van der Waals surface area contributed by atoms with Crippen LogP contribution in [0.4, 0.5) is 4.79 Å². The lowest BCUT2D eigenvalue weighted by atomic mass is 9.74. The minimum absolute atomic E-state index is 0.0464. The summed E-state index contributed by atoms with van der Waals surface area (Å²) in [5, 5.41) is 15.8. The summed E-state index contributed by atoms with van der Waals surface area (Å²) in [5.41, 5.74) is 1.82. The van der Waals surface area contributed by atoms with Crippen molar-refractivity contribution in [3.63, 3.8) is 0 Å². The minimum Gasteiger partial charge on any atom is -0.480 e. The lowest BCUT2D eigenvalue weighted by Gasteiger charge is -2.35. The van der Waals surface area contributed by atoms with Crippen molar-refractivity contribution in [3.05, 3.63) is 96.7 Å². The van der Waals surface area contributed by atoms with Crippen LogP contribution in [0.3, 0.4) is 0 Å². The standard InChI is InChI=1S/C32H44N4O4/c1-8-24(4)32(27-15-11-9-12-16-27,28-17-13-10-14-18-28)34-22-33-26(6)21-29(30(37)38)36(7)20-19-25(5)35-31(39)40-23(2)3/h8-18,22-25,29H,1,6,19-21H2,2-5,7H3,(H,33,34)(H,35,39)(H,37,38). The Kier molecular flexibility index (Phi) is 12.6. The second-order valence-electron chi connectivity index (χ2n) is 10.4. The van der Waals surface area contributed by atoms with Gasteiger partial charge in [-0.2, -0.15) is 0 Å². The molecule has 0 bridgehead atoms. The summed E-state index contributed by atoms with van der Waals surface area (Å²) in [5.74, 6) is -1.000. The zero-order valence-electron chi connectivity index (χ0n) is 24.3. The molecule has 3 N–H and O–H groups in total. The maximum absolute atomic E-state index is 12.1. The van der Waals surface area contributed by atoms with Gasteiger partial charge in [0.25, 0.3) is 0 Å². The number of amides is 1. The number of aliphatic carboxylic acids is 1. The summed E-state index contributed by atoms with van der Waals surface area (Å²) >= 11 is 0. The van der Waals surface area contributed by atoms with Crippen LogP contribution in [0.5, 0.6) is 0 Å². The van der Waals surface area contributed by atoms with E-state index in [-0.39, 0.29) is 24.5 Å². The number of carboxylic acids is 1. The smallest absolute Gasteiger partial charge is 0.407 e. The van der Waals surface area contributed by atoms with Gasteiger partial charge >= 0.3 is 12.1 Å². The number of alkyl carbamates (subject to hydrolysis) is 1. The lowest BCUT2D eigenvalue weighted by molar-refractivity contribution is -0.142. The third-order valence-corrected chi connectivity index (χ3v) is 6.86. The Hall–Kier alpha value is -3.91. The van der Waals surface area contributed by atoms with Gasteiger partial charge in [0.15, 0.2) is 0 Å². The summed E-state index contributed by atoms with van der Waals surface area (Å²) in [6.07, 6.45) is 3.54. The molecule has 0 aliphatic carbocycles. The van der Waals surface area contributed by atoms with E-state index in [1.807, 2.05) is 73.7 Å². The highest BCUT2D eigenvalue weighted by Crippen LogP contribution is 2.41. The van der Waals surface area contributed by atoms with Crippen molar-refractivity contribution in [1.29, 1.82) is 0 Å². The van der Waals surface area contributed by atoms with Crippen LogP contribution >= 0.6 is 0 Å². The third kappa shape index (κ3) is 9.09. The number of hydrogen-bond donors (Lipinski definition) is 3. The van der Waals surface area contributed by atoms with E-state index in [2.05, 4.69) is 30.7 Å². The van der Waals surface area contributed by atoms with Crippen molar-refractivity contribution < 1.29 is 19.4 Å². The van der Waals surface area contributed by atoms with Gasteiger partial charge in [0.2, 0.25) is 0 Å². The van der Waals surface area contributed by atoms with Crippen molar-refractivity contribution in [1.82, 2.24) is 15.5 Å². The van der Waals surface area contributed by atoms with Crippen molar-refractivity contribution in [2.45, 2.75) is 64.3 Å². The summed E-state index contributed by atoms with van der Waals surface area (Å²) < 4.78 is 5.11. The van der Waals surface area contributed by atoms with Crippen LogP contribution in [-0.4, -0.2) is 60.2 Å². The number of carbonyl (C=O) groups is 2. The van der Waals surface area contributed by atoms with Gasteiger partial charge in [0.05, 0.1) is 12.4 Å². The van der Waals surface area contributed by atoms with Gasteiger partial charge in [-0.1, -0.05) is 80.2 Å². The molecule has 3 atom stereocenters. The van der Waals surface area contributed by atoms with E-state index in [4.69, 9.17) is 9.73 Å². The highest BCUT2D eigenvalue weighted by atomic mass is 16.6. The van der Waals surface area contributed by atoms with Crippen molar-refractivity contribution in [2.24, 2.45) is 10.9 Å². The molecule has 1 amide bonds. The minimum atomic E-state index is -0.953. The summed E-state index contributed by atoms with van der Waals surface area (Å²) in [4.78, 5) is 30.7. The normalized spacial score (nSPS) is 14.0. The number of nitrogens with one attached hydrogen (secondary N) is 2. The highest BCUT2D eigenvalue weighted by molar-refractivity contribution is 5.74. The molecule has 0 radical (unpaired) electrons. The van der Waals surface area contributed by atoms with Gasteiger partial charge in [0, 0.05) is 30.6 Å². The quantitative estimate of drug-likeness (QED) is 0.144. The molecule has 40 heavy (non-hydrogen) atoms. The Labute approximate surface area is 238 Å². The maximum atomic E-state index is 12.1. The fourth-order valence-corrected chi connectivity index (χ4v) is 4.54. The molecule has 2 aromatic carbocycles. The Balaban J connectivity index is 2.14. The topological polar surface area (TPSA) is 103 Å². The number of hydrogen-bond acceptors (Lipinski definition) is 5. The molecule has 0 saturated carbocycles. The number of ether oxygens (including phenoxy) is 1. The van der Waals surface area contributed by atoms with Gasteiger partial charge in [-0.05, 0) is 45.4 Å². The fourth-order valence-electron chi connectivity index (χ4n) is 4.54. The lowest BCUT2D eigenvalue weighted by Crippen LogP contribution is -2.43. The van der Waals surface area contributed by atoms with Gasteiger partial charge in [-0.15, -0.1) is 6.58 Å². The molecule has 0 saturated heterocycles. The van der Waals surface area contributed by atoms with E-state index in [0.717, 1.165) is 11.1 Å². The van der Waals surface area contributed by atoms with Gasteiger partial charge < -0.3 is 20.5 Å². The second-order valence-corrected chi connectivity index (χ2v) is 10.4. The predicted octanol–water partition coefficient (Wildman–Crippen LogP) is 5.57. The first-order valence-electron chi connectivity index (χ1n) is 13.6. The Bertz CT molecular complexity index is 1090. The SMILES string of the molecule is C=CC(C)C(N=CNC(=C)CC(C(=O)O)N(C)CCC(C)NC(=O)OC(C)C)(c1ccccc1)c1ccccc1. The third-order valence-electron chi connectivity index (χ3n) is 6.86. The first-order chi connectivity index (χ1) is 19.0. The zero-order valence-corrected chi connectivity index (χ0v) is 24.3. The first kappa shape index (κ1) is 32.3. The monoisotopic (exact) mass is 548 g/mol. The highest BCUT2D eigenvalue weighted by Gasteiger charge is 2.38. The van der Waals surface area contributed by atoms with E-state index in [1.54, 1.807) is 32.1 Å². The van der Waals surface area contributed by atoms with Crippen LogP contribution in [0.1, 0.15) is 51.7 Å². The average Bonchev–Trinajstić information content (AvgIpc) is 2.92. The van der Waals surface area contributed by atoms with Crippen LogP contribution in [0.15, 0.2) is 90.6 Å². The van der Waals surface area contributed by atoms with Gasteiger partial charge in [-0.25, -0.2) is 4.79 Å². The Morgan fingerprint density at radius 3 is 2.08 bits per heavy atom. The maximum Gasteiger partial charge on any atom is 0.407 e. The number of rotatable bonds is 16. The van der Waals surface area contributed by atoms with Gasteiger partial charge in [0.1, 0.15) is 11.6 Å². The van der Waals surface area contributed by atoms with Crippen molar-refractivity contribution in [3.8, 4) is 0 Å². The van der Waals surface area contributed by atoms with E-state index in [1.165, 1.54) is 0 Å². The predicted molar refractivity (Wildman–Crippen MR) is 161 cm³/mol. The largest absolute Gasteiger partial charge is 0.480 e. The van der Waals surface area contributed by atoms with Gasteiger partial charge in [-0.3, -0.25) is 14.7 Å².